The minimum absolute atomic E-state index is 0.272. The van der Waals surface area contributed by atoms with E-state index >= 15 is 0 Å². The lowest BCUT2D eigenvalue weighted by Gasteiger charge is -2.27. The first-order valence-electron chi connectivity index (χ1n) is 7.58. The SMILES string of the molecule is CCNC(C)(CCCCN(C)Cc1nccn1C)C(N)=O. The maximum Gasteiger partial charge on any atom is 0.237 e. The van der Waals surface area contributed by atoms with Crippen molar-refractivity contribution >= 4 is 5.91 Å². The fraction of sp³-hybridized carbons (Fsp3) is 0.733. The predicted octanol–water partition coefficient (Wildman–Crippen LogP) is 0.876. The van der Waals surface area contributed by atoms with E-state index < -0.39 is 5.54 Å². The highest BCUT2D eigenvalue weighted by atomic mass is 16.1. The number of nitrogens with two attached hydrogens (primary N) is 1. The van der Waals surface area contributed by atoms with Gasteiger partial charge in [-0.15, -0.1) is 0 Å². The maximum atomic E-state index is 11.5. The van der Waals surface area contributed by atoms with E-state index in [1.165, 1.54) is 0 Å². The van der Waals surface area contributed by atoms with Crippen LogP contribution in [0.3, 0.4) is 0 Å². The third kappa shape index (κ3) is 5.47. The third-order valence-corrected chi connectivity index (χ3v) is 3.91. The minimum atomic E-state index is -0.590. The number of aryl methyl sites for hydroxylation is 1. The van der Waals surface area contributed by atoms with Gasteiger partial charge in [0.25, 0.3) is 0 Å². The molecule has 1 unspecified atom stereocenters. The molecular weight excluding hydrogens is 266 g/mol. The molecule has 0 radical (unpaired) electrons. The van der Waals surface area contributed by atoms with Gasteiger partial charge in [-0.3, -0.25) is 9.69 Å². The van der Waals surface area contributed by atoms with Gasteiger partial charge in [-0.1, -0.05) is 6.92 Å². The van der Waals surface area contributed by atoms with Crippen molar-refractivity contribution in [3.05, 3.63) is 18.2 Å². The first-order valence-corrected chi connectivity index (χ1v) is 7.58. The molecule has 0 bridgehead atoms. The van der Waals surface area contributed by atoms with Crippen LogP contribution in [0.1, 0.15) is 38.9 Å². The van der Waals surface area contributed by atoms with E-state index in [1.54, 1.807) is 0 Å². The molecule has 1 heterocycles. The molecule has 1 atom stereocenters. The van der Waals surface area contributed by atoms with Gasteiger partial charge in [0.1, 0.15) is 5.82 Å². The summed E-state index contributed by atoms with van der Waals surface area (Å²) in [5, 5.41) is 3.19. The second-order valence-electron chi connectivity index (χ2n) is 5.88. The van der Waals surface area contributed by atoms with E-state index in [0.717, 1.165) is 44.7 Å². The van der Waals surface area contributed by atoms with Crippen LogP contribution >= 0.6 is 0 Å². The van der Waals surface area contributed by atoms with Crippen molar-refractivity contribution in [1.29, 1.82) is 0 Å². The molecule has 1 aromatic heterocycles. The fourth-order valence-corrected chi connectivity index (χ4v) is 2.42. The molecule has 6 heteroatoms. The van der Waals surface area contributed by atoms with Gasteiger partial charge in [-0.2, -0.15) is 0 Å². The van der Waals surface area contributed by atoms with Crippen molar-refractivity contribution in [3.63, 3.8) is 0 Å². The average Bonchev–Trinajstić information content (AvgIpc) is 2.80. The van der Waals surface area contributed by atoms with Gasteiger partial charge in [0.15, 0.2) is 0 Å². The normalized spacial score (nSPS) is 14.3. The zero-order valence-electron chi connectivity index (χ0n) is 13.7. The molecule has 0 saturated heterocycles. The summed E-state index contributed by atoms with van der Waals surface area (Å²) in [4.78, 5) is 18.1. The maximum absolute atomic E-state index is 11.5. The third-order valence-electron chi connectivity index (χ3n) is 3.91. The predicted molar refractivity (Wildman–Crippen MR) is 84.7 cm³/mol. The lowest BCUT2D eigenvalue weighted by Crippen LogP contribution is -2.53. The number of nitrogens with zero attached hydrogens (tertiary/aromatic N) is 3. The van der Waals surface area contributed by atoms with Gasteiger partial charge in [0, 0.05) is 19.4 Å². The van der Waals surface area contributed by atoms with Crippen molar-refractivity contribution in [2.45, 2.75) is 45.2 Å². The second-order valence-corrected chi connectivity index (χ2v) is 5.88. The molecule has 0 spiro atoms. The lowest BCUT2D eigenvalue weighted by molar-refractivity contribution is -0.124. The Balaban J connectivity index is 2.29. The molecule has 0 aliphatic carbocycles. The van der Waals surface area contributed by atoms with Crippen molar-refractivity contribution in [2.75, 3.05) is 20.1 Å². The zero-order chi connectivity index (χ0) is 15.9. The zero-order valence-corrected chi connectivity index (χ0v) is 13.7. The Labute approximate surface area is 127 Å². The van der Waals surface area contributed by atoms with E-state index in [1.807, 2.05) is 37.9 Å². The Kier molecular flexibility index (Phi) is 6.84. The number of nitrogens with one attached hydrogen (secondary N) is 1. The largest absolute Gasteiger partial charge is 0.368 e. The minimum Gasteiger partial charge on any atom is -0.368 e. The van der Waals surface area contributed by atoms with Crippen LogP contribution in [0, 0.1) is 0 Å². The highest BCUT2D eigenvalue weighted by Gasteiger charge is 2.28. The van der Waals surface area contributed by atoms with Crippen molar-refractivity contribution < 1.29 is 4.79 Å². The number of hydrogen-bond donors (Lipinski definition) is 2. The Morgan fingerprint density at radius 3 is 2.76 bits per heavy atom. The van der Waals surface area contributed by atoms with Crippen molar-refractivity contribution in [1.82, 2.24) is 19.8 Å². The number of carbonyl (C=O) groups excluding carboxylic acids is 1. The van der Waals surface area contributed by atoms with Gasteiger partial charge in [-0.05, 0) is 46.3 Å². The molecule has 6 nitrogen and oxygen atoms in total. The summed E-state index contributed by atoms with van der Waals surface area (Å²) in [7, 11) is 4.09. The number of carbonyl (C=O) groups is 1. The number of amides is 1. The van der Waals surface area contributed by atoms with E-state index in [9.17, 15) is 4.79 Å². The highest BCUT2D eigenvalue weighted by Crippen LogP contribution is 2.14. The molecule has 0 aromatic carbocycles. The number of likely N-dealkylation sites (N-methyl/N-ethyl adjacent to an activating group) is 1. The van der Waals surface area contributed by atoms with E-state index in [4.69, 9.17) is 5.73 Å². The van der Waals surface area contributed by atoms with Crippen LogP contribution in [0.25, 0.3) is 0 Å². The molecule has 0 fully saturated rings. The average molecular weight is 295 g/mol. The molecule has 1 amide bonds. The van der Waals surface area contributed by atoms with Crippen LogP contribution in [0.15, 0.2) is 12.4 Å². The molecule has 0 aliphatic rings. The smallest absolute Gasteiger partial charge is 0.237 e. The molecule has 0 aliphatic heterocycles. The Hall–Kier alpha value is -1.40. The van der Waals surface area contributed by atoms with Crippen LogP contribution in [0.4, 0.5) is 0 Å². The lowest BCUT2D eigenvalue weighted by atomic mass is 9.94. The number of imidazole rings is 1. The summed E-state index contributed by atoms with van der Waals surface area (Å²) in [5.74, 6) is 0.790. The Morgan fingerprint density at radius 1 is 1.52 bits per heavy atom. The van der Waals surface area contributed by atoms with Gasteiger partial charge in [0.05, 0.1) is 12.1 Å². The van der Waals surface area contributed by atoms with Crippen molar-refractivity contribution in [3.8, 4) is 0 Å². The highest BCUT2D eigenvalue weighted by molar-refractivity contribution is 5.84. The van der Waals surface area contributed by atoms with Gasteiger partial charge in [0.2, 0.25) is 5.91 Å². The van der Waals surface area contributed by atoms with Gasteiger partial charge >= 0.3 is 0 Å². The monoisotopic (exact) mass is 295 g/mol. The second kappa shape index (κ2) is 8.14. The molecule has 3 N–H and O–H groups in total. The summed E-state index contributed by atoms with van der Waals surface area (Å²) in [6.07, 6.45) is 6.55. The quantitative estimate of drug-likeness (QED) is 0.628. The van der Waals surface area contributed by atoms with Gasteiger partial charge < -0.3 is 15.6 Å². The van der Waals surface area contributed by atoms with Crippen LogP contribution < -0.4 is 11.1 Å². The van der Waals surface area contributed by atoms with E-state index in [0.29, 0.717) is 0 Å². The summed E-state index contributed by atoms with van der Waals surface area (Å²) in [6, 6.07) is 0. The Morgan fingerprint density at radius 2 is 2.24 bits per heavy atom. The first kappa shape index (κ1) is 17.7. The van der Waals surface area contributed by atoms with Crippen LogP contribution in [0.5, 0.6) is 0 Å². The summed E-state index contributed by atoms with van der Waals surface area (Å²) in [6.45, 7) is 6.44. The fourth-order valence-electron chi connectivity index (χ4n) is 2.42. The molecule has 0 saturated carbocycles. The number of unbranched alkanes of at least 4 members (excludes halogenated alkanes) is 1. The standard InChI is InChI=1S/C15H29N5O/c1-5-18-15(2,14(16)21)8-6-7-10-19(3)12-13-17-9-11-20(13)4/h9,11,18H,5-8,10,12H2,1-4H3,(H2,16,21). The van der Waals surface area contributed by atoms with Crippen LogP contribution in [-0.4, -0.2) is 46.0 Å². The molecule has 21 heavy (non-hydrogen) atoms. The van der Waals surface area contributed by atoms with Gasteiger partial charge in [-0.25, -0.2) is 4.98 Å². The molecule has 1 aromatic rings. The molecule has 1 rings (SSSR count). The number of aromatic nitrogens is 2. The van der Waals surface area contributed by atoms with Crippen molar-refractivity contribution in [2.24, 2.45) is 12.8 Å². The topological polar surface area (TPSA) is 76.2 Å². The number of hydrogen-bond acceptors (Lipinski definition) is 4. The van der Waals surface area contributed by atoms with E-state index in [-0.39, 0.29) is 5.91 Å². The summed E-state index contributed by atoms with van der Waals surface area (Å²) < 4.78 is 2.03. The Bertz CT molecular complexity index is 445. The number of primary amides is 1. The number of rotatable bonds is 10. The van der Waals surface area contributed by atoms with E-state index in [2.05, 4.69) is 22.2 Å². The summed E-state index contributed by atoms with van der Waals surface area (Å²) >= 11 is 0. The summed E-state index contributed by atoms with van der Waals surface area (Å²) in [5.41, 5.74) is 4.89. The molecular formula is C15H29N5O. The first-order chi connectivity index (χ1) is 9.89. The van der Waals surface area contributed by atoms with Crippen LogP contribution in [-0.2, 0) is 18.4 Å². The van der Waals surface area contributed by atoms with Crippen LogP contribution in [0.2, 0.25) is 0 Å². The molecule has 120 valence electrons.